The van der Waals surface area contributed by atoms with Crippen LogP contribution in [0, 0.1) is 11.8 Å². The van der Waals surface area contributed by atoms with Crippen LogP contribution < -0.4 is 5.32 Å². The second-order valence-corrected chi connectivity index (χ2v) is 5.49. The van der Waals surface area contributed by atoms with Crippen LogP contribution >= 0.6 is 11.6 Å². The topological polar surface area (TPSA) is 42.0 Å². The molecule has 2 fully saturated rings. The number of nitrogens with zero attached hydrogens (tertiary/aromatic N) is 1. The molecule has 90 valence electrons. The summed E-state index contributed by atoms with van der Waals surface area (Å²) in [4.78, 5) is 16.0. The van der Waals surface area contributed by atoms with Crippen LogP contribution in [-0.2, 0) is 0 Å². The molecule has 2 aliphatic carbocycles. The van der Waals surface area contributed by atoms with Crippen LogP contribution in [0.5, 0.6) is 0 Å². The van der Waals surface area contributed by atoms with Gasteiger partial charge in [0.05, 0.1) is 0 Å². The molecule has 2 bridgehead atoms. The molecule has 2 saturated carbocycles. The molecule has 0 aliphatic heterocycles. The van der Waals surface area contributed by atoms with Crippen molar-refractivity contribution in [1.82, 2.24) is 10.3 Å². The van der Waals surface area contributed by atoms with Crippen LogP contribution in [0.2, 0.25) is 5.15 Å². The summed E-state index contributed by atoms with van der Waals surface area (Å²) in [6, 6.07) is 5.48. The zero-order valence-electron chi connectivity index (χ0n) is 9.53. The van der Waals surface area contributed by atoms with E-state index in [1.807, 2.05) is 0 Å². The molecule has 1 aromatic heterocycles. The highest BCUT2D eigenvalue weighted by molar-refractivity contribution is 6.29. The molecular formula is C13H15ClN2O. The highest BCUT2D eigenvalue weighted by Crippen LogP contribution is 2.44. The Hall–Kier alpha value is -1.09. The number of hydrogen-bond donors (Lipinski definition) is 1. The quantitative estimate of drug-likeness (QED) is 0.820. The Kier molecular flexibility index (Phi) is 2.79. The van der Waals surface area contributed by atoms with Crippen molar-refractivity contribution in [3.8, 4) is 0 Å². The van der Waals surface area contributed by atoms with Gasteiger partial charge in [-0.25, -0.2) is 4.98 Å². The molecule has 4 heteroatoms. The third-order valence-corrected chi connectivity index (χ3v) is 4.21. The number of carbonyl (C=O) groups excluding carboxylic acids is 1. The monoisotopic (exact) mass is 250 g/mol. The molecule has 3 atom stereocenters. The number of pyridine rings is 1. The summed E-state index contributed by atoms with van der Waals surface area (Å²) >= 11 is 5.78. The summed E-state index contributed by atoms with van der Waals surface area (Å²) in [5.74, 6) is 1.42. The summed E-state index contributed by atoms with van der Waals surface area (Å²) in [5, 5.41) is 3.46. The Morgan fingerprint density at radius 3 is 2.88 bits per heavy atom. The van der Waals surface area contributed by atoms with Crippen molar-refractivity contribution >= 4 is 17.5 Å². The Bertz CT molecular complexity index is 449. The molecule has 17 heavy (non-hydrogen) atoms. The SMILES string of the molecule is O=C(NC1CC2CCC1C2)c1cccc(Cl)n1. The molecule has 3 unspecified atom stereocenters. The zero-order chi connectivity index (χ0) is 11.8. The normalized spacial score (nSPS) is 30.5. The number of amides is 1. The first-order valence-corrected chi connectivity index (χ1v) is 6.53. The van der Waals surface area contributed by atoms with Crippen molar-refractivity contribution in [1.29, 1.82) is 0 Å². The van der Waals surface area contributed by atoms with Crippen LogP contribution in [0.15, 0.2) is 18.2 Å². The number of nitrogens with one attached hydrogen (secondary N) is 1. The second-order valence-electron chi connectivity index (χ2n) is 5.10. The largest absolute Gasteiger partial charge is 0.348 e. The van der Waals surface area contributed by atoms with E-state index in [2.05, 4.69) is 10.3 Å². The number of hydrogen-bond acceptors (Lipinski definition) is 2. The Labute approximate surface area is 106 Å². The first kappa shape index (κ1) is 11.0. The average molecular weight is 251 g/mol. The van der Waals surface area contributed by atoms with Crippen LogP contribution in [-0.4, -0.2) is 16.9 Å². The van der Waals surface area contributed by atoms with E-state index in [0.29, 0.717) is 22.8 Å². The Balaban J connectivity index is 1.68. The molecule has 1 heterocycles. The minimum absolute atomic E-state index is 0.0925. The van der Waals surface area contributed by atoms with Crippen LogP contribution in [0.25, 0.3) is 0 Å². The molecule has 0 saturated heterocycles. The number of carbonyl (C=O) groups is 1. The van der Waals surface area contributed by atoms with E-state index in [-0.39, 0.29) is 5.91 Å². The summed E-state index contributed by atoms with van der Waals surface area (Å²) in [6.45, 7) is 0. The summed E-state index contributed by atoms with van der Waals surface area (Å²) in [5.41, 5.74) is 0.417. The summed E-state index contributed by atoms with van der Waals surface area (Å²) in [6.07, 6.45) is 5.02. The number of fused-ring (bicyclic) bond motifs is 2. The van der Waals surface area contributed by atoms with E-state index in [9.17, 15) is 4.79 Å². The third kappa shape index (κ3) is 2.16. The highest BCUT2D eigenvalue weighted by atomic mass is 35.5. The van der Waals surface area contributed by atoms with Gasteiger partial charge in [0.1, 0.15) is 10.8 Å². The van der Waals surface area contributed by atoms with Crippen molar-refractivity contribution in [2.45, 2.75) is 31.7 Å². The lowest BCUT2D eigenvalue weighted by Gasteiger charge is -2.22. The van der Waals surface area contributed by atoms with Gasteiger partial charge in [0.2, 0.25) is 0 Å². The van der Waals surface area contributed by atoms with Gasteiger partial charge in [-0.2, -0.15) is 0 Å². The fourth-order valence-corrected chi connectivity index (χ4v) is 3.36. The fraction of sp³-hybridized carbons (Fsp3) is 0.538. The van der Waals surface area contributed by atoms with E-state index in [1.165, 1.54) is 19.3 Å². The predicted octanol–water partition coefficient (Wildman–Crippen LogP) is 2.65. The van der Waals surface area contributed by atoms with E-state index in [0.717, 1.165) is 12.3 Å². The maximum absolute atomic E-state index is 12.0. The van der Waals surface area contributed by atoms with Gasteiger partial charge in [0.15, 0.2) is 0 Å². The predicted molar refractivity (Wildman–Crippen MR) is 65.9 cm³/mol. The second kappa shape index (κ2) is 4.30. The molecule has 0 aromatic carbocycles. The molecule has 1 N–H and O–H groups in total. The number of rotatable bonds is 2. The lowest BCUT2D eigenvalue weighted by Crippen LogP contribution is -2.38. The fourth-order valence-electron chi connectivity index (χ4n) is 3.20. The maximum Gasteiger partial charge on any atom is 0.270 e. The lowest BCUT2D eigenvalue weighted by molar-refractivity contribution is 0.0918. The number of halogens is 1. The smallest absolute Gasteiger partial charge is 0.270 e. The van der Waals surface area contributed by atoms with Gasteiger partial charge in [-0.3, -0.25) is 4.79 Å². The molecule has 0 spiro atoms. The van der Waals surface area contributed by atoms with Gasteiger partial charge >= 0.3 is 0 Å². The van der Waals surface area contributed by atoms with Gasteiger partial charge in [-0.15, -0.1) is 0 Å². The standard InChI is InChI=1S/C13H15ClN2O/c14-12-3-1-2-10(15-12)13(17)16-11-7-8-4-5-9(11)6-8/h1-3,8-9,11H,4-7H2,(H,16,17). The van der Waals surface area contributed by atoms with Crippen molar-refractivity contribution < 1.29 is 4.79 Å². The van der Waals surface area contributed by atoms with Crippen molar-refractivity contribution in [2.24, 2.45) is 11.8 Å². The van der Waals surface area contributed by atoms with E-state index >= 15 is 0 Å². The van der Waals surface area contributed by atoms with Gasteiger partial charge < -0.3 is 5.32 Å². The third-order valence-electron chi connectivity index (χ3n) is 4.00. The average Bonchev–Trinajstić information content (AvgIpc) is 2.91. The Morgan fingerprint density at radius 1 is 1.35 bits per heavy atom. The van der Waals surface area contributed by atoms with Crippen LogP contribution in [0.4, 0.5) is 0 Å². The number of aromatic nitrogens is 1. The van der Waals surface area contributed by atoms with Gasteiger partial charge in [-0.05, 0) is 43.2 Å². The first-order chi connectivity index (χ1) is 8.22. The molecule has 3 rings (SSSR count). The van der Waals surface area contributed by atoms with E-state index < -0.39 is 0 Å². The molecule has 0 radical (unpaired) electrons. The van der Waals surface area contributed by atoms with E-state index in [4.69, 9.17) is 11.6 Å². The minimum Gasteiger partial charge on any atom is -0.348 e. The summed E-state index contributed by atoms with van der Waals surface area (Å²) in [7, 11) is 0. The Morgan fingerprint density at radius 2 is 2.24 bits per heavy atom. The van der Waals surface area contributed by atoms with Crippen LogP contribution in [0.3, 0.4) is 0 Å². The highest BCUT2D eigenvalue weighted by Gasteiger charge is 2.40. The molecule has 1 amide bonds. The van der Waals surface area contributed by atoms with Crippen molar-refractivity contribution in [3.05, 3.63) is 29.0 Å². The molecule has 2 aliphatic rings. The van der Waals surface area contributed by atoms with E-state index in [1.54, 1.807) is 18.2 Å². The molecule has 1 aromatic rings. The lowest BCUT2D eigenvalue weighted by atomic mass is 9.95. The summed E-state index contributed by atoms with van der Waals surface area (Å²) < 4.78 is 0. The van der Waals surface area contributed by atoms with Gasteiger partial charge in [-0.1, -0.05) is 24.1 Å². The molecule has 3 nitrogen and oxygen atoms in total. The van der Waals surface area contributed by atoms with Crippen molar-refractivity contribution in [2.75, 3.05) is 0 Å². The maximum atomic E-state index is 12.0. The zero-order valence-corrected chi connectivity index (χ0v) is 10.3. The van der Waals surface area contributed by atoms with Gasteiger partial charge in [0.25, 0.3) is 5.91 Å². The first-order valence-electron chi connectivity index (χ1n) is 6.16. The van der Waals surface area contributed by atoms with Crippen LogP contribution in [0.1, 0.15) is 36.2 Å². The van der Waals surface area contributed by atoms with Crippen molar-refractivity contribution in [3.63, 3.8) is 0 Å². The molecular weight excluding hydrogens is 236 g/mol. The minimum atomic E-state index is -0.0925. The van der Waals surface area contributed by atoms with Gasteiger partial charge in [0, 0.05) is 6.04 Å².